The topological polar surface area (TPSA) is 61.9 Å². The van der Waals surface area contributed by atoms with Crippen LogP contribution in [0.1, 0.15) is 46.0 Å². The number of anilines is 1. The van der Waals surface area contributed by atoms with Gasteiger partial charge < -0.3 is 15.0 Å². The fraction of sp³-hybridized carbons (Fsp3) is 0.619. The standard InChI is InChI=1S/C21H33N3O3/c1-4-23(15-20(25)22-17-10-9-13-19(14-17)27-3)16-21(26)24(5-2)18-11-7-6-8-12-18/h9-10,13-14,18H,4-8,11-12,15-16H2,1-3H3,(H,22,25). The van der Waals surface area contributed by atoms with Crippen LogP contribution in [0.2, 0.25) is 0 Å². The van der Waals surface area contributed by atoms with Crippen molar-refractivity contribution >= 4 is 17.5 Å². The van der Waals surface area contributed by atoms with Crippen molar-refractivity contribution < 1.29 is 14.3 Å². The normalized spacial score (nSPS) is 14.8. The second-order valence-electron chi connectivity index (χ2n) is 7.05. The largest absolute Gasteiger partial charge is 0.497 e. The number of nitrogens with one attached hydrogen (secondary N) is 1. The Kier molecular flexibility index (Phi) is 8.58. The highest BCUT2D eigenvalue weighted by Gasteiger charge is 2.25. The van der Waals surface area contributed by atoms with Gasteiger partial charge in [0.15, 0.2) is 0 Å². The van der Waals surface area contributed by atoms with E-state index in [0.717, 1.165) is 19.4 Å². The van der Waals surface area contributed by atoms with E-state index < -0.39 is 0 Å². The molecule has 0 bridgehead atoms. The maximum Gasteiger partial charge on any atom is 0.238 e. The number of carbonyl (C=O) groups excluding carboxylic acids is 2. The Balaban J connectivity index is 1.89. The van der Waals surface area contributed by atoms with Gasteiger partial charge in [-0.05, 0) is 38.4 Å². The molecule has 1 saturated carbocycles. The van der Waals surface area contributed by atoms with E-state index in [2.05, 4.69) is 5.32 Å². The first-order valence-corrected chi connectivity index (χ1v) is 10.0. The molecular formula is C21H33N3O3. The molecule has 2 rings (SSSR count). The fourth-order valence-electron chi connectivity index (χ4n) is 3.70. The molecule has 6 nitrogen and oxygen atoms in total. The van der Waals surface area contributed by atoms with Crippen molar-refractivity contribution in [2.45, 2.75) is 52.0 Å². The minimum atomic E-state index is -0.126. The van der Waals surface area contributed by atoms with Crippen molar-refractivity contribution in [1.82, 2.24) is 9.80 Å². The van der Waals surface area contributed by atoms with Crippen LogP contribution in [-0.2, 0) is 9.59 Å². The predicted octanol–water partition coefficient (Wildman–Crippen LogP) is 3.14. The number of methoxy groups -OCH3 is 1. The molecule has 0 aliphatic heterocycles. The van der Waals surface area contributed by atoms with Crippen LogP contribution in [0, 0.1) is 0 Å². The summed E-state index contributed by atoms with van der Waals surface area (Å²) in [6.45, 7) is 5.88. The Hall–Kier alpha value is -2.08. The van der Waals surface area contributed by atoms with Gasteiger partial charge in [0.05, 0.1) is 20.2 Å². The zero-order chi connectivity index (χ0) is 19.6. The van der Waals surface area contributed by atoms with Crippen molar-refractivity contribution in [1.29, 1.82) is 0 Å². The molecule has 0 atom stereocenters. The number of rotatable bonds is 9. The quantitative estimate of drug-likeness (QED) is 0.720. The highest BCUT2D eigenvalue weighted by molar-refractivity contribution is 5.92. The molecule has 1 aromatic carbocycles. The average molecular weight is 376 g/mol. The van der Waals surface area contributed by atoms with Crippen molar-refractivity contribution in [2.24, 2.45) is 0 Å². The molecule has 1 aliphatic rings. The molecule has 1 aliphatic carbocycles. The third kappa shape index (κ3) is 6.54. The zero-order valence-electron chi connectivity index (χ0n) is 16.9. The van der Waals surface area contributed by atoms with Gasteiger partial charge in [0.1, 0.15) is 5.75 Å². The molecule has 1 aromatic rings. The van der Waals surface area contributed by atoms with Crippen molar-refractivity contribution in [2.75, 3.05) is 38.6 Å². The molecule has 2 amide bonds. The molecule has 6 heteroatoms. The highest BCUT2D eigenvalue weighted by atomic mass is 16.5. The summed E-state index contributed by atoms with van der Waals surface area (Å²) in [7, 11) is 1.59. The number of nitrogens with zero attached hydrogens (tertiary/aromatic N) is 2. The van der Waals surface area contributed by atoms with Crippen LogP contribution in [-0.4, -0.2) is 60.9 Å². The van der Waals surface area contributed by atoms with E-state index in [9.17, 15) is 9.59 Å². The molecule has 0 saturated heterocycles. The van der Waals surface area contributed by atoms with Gasteiger partial charge in [-0.3, -0.25) is 14.5 Å². The lowest BCUT2D eigenvalue weighted by atomic mass is 9.94. The summed E-state index contributed by atoms with van der Waals surface area (Å²) in [6, 6.07) is 7.63. The Labute approximate surface area is 162 Å². The number of hydrogen-bond donors (Lipinski definition) is 1. The Bertz CT molecular complexity index is 614. The smallest absolute Gasteiger partial charge is 0.238 e. The monoisotopic (exact) mass is 375 g/mol. The average Bonchev–Trinajstić information content (AvgIpc) is 2.69. The molecule has 0 heterocycles. The van der Waals surface area contributed by atoms with E-state index >= 15 is 0 Å². The van der Waals surface area contributed by atoms with Gasteiger partial charge >= 0.3 is 0 Å². The molecule has 27 heavy (non-hydrogen) atoms. The minimum Gasteiger partial charge on any atom is -0.497 e. The third-order valence-electron chi connectivity index (χ3n) is 5.20. The molecule has 1 N–H and O–H groups in total. The van der Waals surface area contributed by atoms with Crippen LogP contribution in [0.5, 0.6) is 5.75 Å². The minimum absolute atomic E-state index is 0.125. The Morgan fingerprint density at radius 2 is 1.85 bits per heavy atom. The Morgan fingerprint density at radius 3 is 2.48 bits per heavy atom. The third-order valence-corrected chi connectivity index (χ3v) is 5.20. The van der Waals surface area contributed by atoms with Crippen LogP contribution >= 0.6 is 0 Å². The second kappa shape index (κ2) is 10.9. The first kappa shape index (κ1) is 21.2. The van der Waals surface area contributed by atoms with Crippen molar-refractivity contribution in [3.8, 4) is 5.75 Å². The van der Waals surface area contributed by atoms with E-state index in [4.69, 9.17) is 4.74 Å². The summed E-state index contributed by atoms with van der Waals surface area (Å²) >= 11 is 0. The lowest BCUT2D eigenvalue weighted by molar-refractivity contribution is -0.135. The second-order valence-corrected chi connectivity index (χ2v) is 7.05. The summed E-state index contributed by atoms with van der Waals surface area (Å²) in [4.78, 5) is 29.1. The molecule has 0 radical (unpaired) electrons. The van der Waals surface area contributed by atoms with Gasteiger partial charge in [0.2, 0.25) is 11.8 Å². The number of carbonyl (C=O) groups is 2. The van der Waals surface area contributed by atoms with E-state index in [-0.39, 0.29) is 24.9 Å². The molecule has 0 unspecified atom stereocenters. The van der Waals surface area contributed by atoms with Gasteiger partial charge in [-0.2, -0.15) is 0 Å². The molecule has 0 spiro atoms. The van der Waals surface area contributed by atoms with Crippen LogP contribution in [0.3, 0.4) is 0 Å². The lowest BCUT2D eigenvalue weighted by Gasteiger charge is -2.35. The maximum absolute atomic E-state index is 12.8. The van der Waals surface area contributed by atoms with E-state index in [0.29, 0.717) is 24.0 Å². The van der Waals surface area contributed by atoms with E-state index in [1.54, 1.807) is 13.2 Å². The van der Waals surface area contributed by atoms with Crippen molar-refractivity contribution in [3.05, 3.63) is 24.3 Å². The summed E-state index contributed by atoms with van der Waals surface area (Å²) < 4.78 is 5.18. The van der Waals surface area contributed by atoms with Gasteiger partial charge in [-0.15, -0.1) is 0 Å². The summed E-state index contributed by atoms with van der Waals surface area (Å²) in [5.74, 6) is 0.695. The molecule has 0 aromatic heterocycles. The number of hydrogen-bond acceptors (Lipinski definition) is 4. The predicted molar refractivity (Wildman–Crippen MR) is 108 cm³/mol. The van der Waals surface area contributed by atoms with E-state index in [1.807, 2.05) is 41.8 Å². The van der Waals surface area contributed by atoms with Gasteiger partial charge in [-0.1, -0.05) is 32.3 Å². The van der Waals surface area contributed by atoms with Crippen molar-refractivity contribution in [3.63, 3.8) is 0 Å². The molecular weight excluding hydrogens is 342 g/mol. The summed E-state index contributed by atoms with van der Waals surface area (Å²) in [6.07, 6.45) is 5.88. The highest BCUT2D eigenvalue weighted by Crippen LogP contribution is 2.22. The number of ether oxygens (including phenoxy) is 1. The SMILES string of the molecule is CCN(CC(=O)Nc1cccc(OC)c1)CC(=O)N(CC)C1CCCCC1. The summed E-state index contributed by atoms with van der Waals surface area (Å²) in [5, 5.41) is 2.88. The fourth-order valence-corrected chi connectivity index (χ4v) is 3.70. The molecule has 1 fully saturated rings. The van der Waals surface area contributed by atoms with Gasteiger partial charge in [0.25, 0.3) is 0 Å². The van der Waals surface area contributed by atoms with Gasteiger partial charge in [-0.25, -0.2) is 0 Å². The number of likely N-dealkylation sites (N-methyl/N-ethyl adjacent to an activating group) is 2. The molecule has 150 valence electrons. The zero-order valence-corrected chi connectivity index (χ0v) is 16.9. The lowest BCUT2D eigenvalue weighted by Crippen LogP contribution is -2.47. The van der Waals surface area contributed by atoms with Crippen LogP contribution in [0.25, 0.3) is 0 Å². The Morgan fingerprint density at radius 1 is 1.11 bits per heavy atom. The van der Waals surface area contributed by atoms with Crippen LogP contribution in [0.15, 0.2) is 24.3 Å². The number of benzene rings is 1. The first-order valence-electron chi connectivity index (χ1n) is 10.0. The summed E-state index contributed by atoms with van der Waals surface area (Å²) in [5.41, 5.74) is 0.694. The van der Waals surface area contributed by atoms with E-state index in [1.165, 1.54) is 19.3 Å². The first-order chi connectivity index (χ1) is 13.1. The van der Waals surface area contributed by atoms with Gasteiger partial charge in [0, 0.05) is 24.3 Å². The van der Waals surface area contributed by atoms with Crippen LogP contribution in [0.4, 0.5) is 5.69 Å². The van der Waals surface area contributed by atoms with Crippen LogP contribution < -0.4 is 10.1 Å². The number of amides is 2. The maximum atomic E-state index is 12.8.